The molecule has 0 aliphatic carbocycles. The smallest absolute Gasteiger partial charge is 0.417 e. The second-order valence-electron chi connectivity index (χ2n) is 29.6. The van der Waals surface area contributed by atoms with E-state index in [-0.39, 0.29) is 78.4 Å². The van der Waals surface area contributed by atoms with Crippen LogP contribution in [0.25, 0.3) is 0 Å². The summed E-state index contributed by atoms with van der Waals surface area (Å²) in [5.41, 5.74) is 4.95. The highest BCUT2D eigenvalue weighted by molar-refractivity contribution is 9.10. The number of alkyl halides is 9. The number of methoxy groups -OCH3 is 6. The Labute approximate surface area is 870 Å². The van der Waals surface area contributed by atoms with E-state index in [9.17, 15) is 79.2 Å². The van der Waals surface area contributed by atoms with Crippen molar-refractivity contribution in [1.82, 2.24) is 35.0 Å². The fourth-order valence-corrected chi connectivity index (χ4v) is 18.4. The molecule has 33 nitrogen and oxygen atoms in total. The molecule has 0 fully saturated rings. The number of amides is 1. The summed E-state index contributed by atoms with van der Waals surface area (Å²) in [6, 6.07) is 49.9. The van der Waals surface area contributed by atoms with E-state index in [0.717, 1.165) is 92.9 Å². The zero-order chi connectivity index (χ0) is 107. The molecule has 0 unspecified atom stereocenters. The molecule has 5 N–H and O–H groups in total. The van der Waals surface area contributed by atoms with Crippen LogP contribution < -0.4 is 47.8 Å². The zero-order valence-electron chi connectivity index (χ0n) is 76.3. The maximum absolute atomic E-state index is 14.2. The van der Waals surface area contributed by atoms with Crippen molar-refractivity contribution < 1.29 is 130 Å². The molecule has 146 heavy (non-hydrogen) atoms. The number of benzene rings is 7. The van der Waals surface area contributed by atoms with Gasteiger partial charge in [-0.15, -0.1) is 0 Å². The van der Waals surface area contributed by atoms with Gasteiger partial charge < -0.3 is 44.0 Å². The number of halogens is 16. The number of anilines is 6. The molecule has 0 aliphatic heterocycles. The Kier molecular flexibility index (Phi) is 42.4. The summed E-state index contributed by atoms with van der Waals surface area (Å²) in [6.07, 6.45) is -6.74. The van der Waals surface area contributed by atoms with E-state index in [2.05, 4.69) is 55.5 Å². The molecule has 6 heterocycles. The van der Waals surface area contributed by atoms with Gasteiger partial charge in [0.1, 0.15) is 69.9 Å². The van der Waals surface area contributed by atoms with Gasteiger partial charge in [0.15, 0.2) is 0 Å². The van der Waals surface area contributed by atoms with Crippen LogP contribution in [0.15, 0.2) is 263 Å². The standard InChI is InChI=1S/C36H31Cl2F3N4O6S.C24H27N3O4.C18H11Cl2F3N4O3S.C14H10BrCl2F3N2O3S.CH4.H2O4S/c1-49-22-45(52(47,48)29-12-13-31(38)30(18-29)36(39,40)41)32-17-26(37)19-43-34(32)35(46)25-14-15-42-33(16-25)44(20-23-4-8-27(50-2)9-5-23)21-24-6-10-28(51-3)11-7-24;1-26(31-4)24(28)20-13-14-25-23(15-20)27(16-18-5-9-21(29-2)10-6-18)17-19-7-11-22(30-3)12-8-19;19-10-6-14(16(26-8-10)17(28)9-3-4-25-15(24)5-9)27-31(29,30)11-1-2-13(20)12(7-11)18(21,22)23;1-25-7-22(12-4-8(16)6-21-13(12)15)26(23,24)9-2-3-11(17)10(5-9)14(18,19)20;;1-5(2,3)4/h4-19H,20-22H2,1-3H3;5-15H,16-17H2,1-4H3;1-8,27H,(H2,24,25);2-6H,7H2,1H3;1H4;(H2,1,2,3,4). The Morgan fingerprint density at radius 1 is 0.411 bits per heavy atom. The van der Waals surface area contributed by atoms with Gasteiger partial charge in [-0.3, -0.25) is 33.0 Å². The number of hydrogen-bond acceptors (Lipinski definition) is 27. The van der Waals surface area contributed by atoms with Crippen LogP contribution in [0.3, 0.4) is 0 Å². The van der Waals surface area contributed by atoms with Crippen molar-refractivity contribution >= 4 is 178 Å². The van der Waals surface area contributed by atoms with Crippen LogP contribution in [0.1, 0.15) is 88.8 Å². The summed E-state index contributed by atoms with van der Waals surface area (Å²) in [7, 11) is -6.59. The van der Waals surface area contributed by atoms with Gasteiger partial charge >= 0.3 is 28.9 Å². The van der Waals surface area contributed by atoms with Crippen LogP contribution in [0.2, 0.25) is 30.1 Å². The molecule has 0 bridgehead atoms. The summed E-state index contributed by atoms with van der Waals surface area (Å²) in [5.74, 6) is 2.47. The van der Waals surface area contributed by atoms with Crippen molar-refractivity contribution in [2.75, 3.05) is 99.1 Å². The van der Waals surface area contributed by atoms with Crippen LogP contribution in [0.4, 0.5) is 74.0 Å². The molecular formula is C93H85BrCl6F9N13O20S4. The normalized spacial score (nSPS) is 11.5. The second kappa shape index (κ2) is 52.2. The number of pyridine rings is 6. The number of rotatable bonds is 33. The molecule has 0 spiro atoms. The summed E-state index contributed by atoms with van der Waals surface area (Å²) < 4.78 is 265. The van der Waals surface area contributed by atoms with E-state index in [1.54, 1.807) is 59.9 Å². The van der Waals surface area contributed by atoms with Gasteiger partial charge in [0.05, 0.1) is 114 Å². The highest BCUT2D eigenvalue weighted by Crippen LogP contribution is 2.43. The van der Waals surface area contributed by atoms with Gasteiger partial charge in [0.2, 0.25) is 11.6 Å². The third-order valence-electron chi connectivity index (χ3n) is 19.8. The average molecular weight is 2300 g/mol. The lowest BCUT2D eigenvalue weighted by Crippen LogP contribution is -2.34. The molecule has 0 aliphatic rings. The Bertz CT molecular complexity index is 7150. The molecule has 778 valence electrons. The molecule has 0 radical (unpaired) electrons. The first-order valence-electron chi connectivity index (χ1n) is 40.7. The summed E-state index contributed by atoms with van der Waals surface area (Å²) in [6.45, 7) is 0.806. The molecule has 53 heteroatoms. The summed E-state index contributed by atoms with van der Waals surface area (Å²) in [5, 5.41) is -0.706. The number of ether oxygens (including phenoxy) is 6. The lowest BCUT2D eigenvalue weighted by molar-refractivity contribution is -0.138. The number of nitrogen functional groups attached to an aromatic ring is 1. The predicted molar refractivity (Wildman–Crippen MR) is 534 cm³/mol. The molecule has 7 aromatic carbocycles. The molecule has 13 rings (SSSR count). The zero-order valence-corrected chi connectivity index (χ0v) is 85.6. The van der Waals surface area contributed by atoms with Crippen LogP contribution in [0.5, 0.6) is 23.0 Å². The number of ketones is 2. The van der Waals surface area contributed by atoms with Crippen molar-refractivity contribution in [2.45, 2.75) is 66.8 Å². The Hall–Kier alpha value is -12.6. The fourth-order valence-electron chi connectivity index (χ4n) is 12.8. The molecule has 13 aromatic rings. The molecule has 0 atom stereocenters. The average Bonchev–Trinajstić information content (AvgIpc) is 0.745. The van der Waals surface area contributed by atoms with Gasteiger partial charge in [-0.1, -0.05) is 126 Å². The van der Waals surface area contributed by atoms with Crippen LogP contribution in [-0.4, -0.2) is 165 Å². The summed E-state index contributed by atoms with van der Waals surface area (Å²) >= 11 is 37.9. The van der Waals surface area contributed by atoms with E-state index in [1.807, 2.05) is 102 Å². The Balaban J connectivity index is 0.000000242. The number of nitrogens with zero attached hydrogens (tertiary/aromatic N) is 11. The van der Waals surface area contributed by atoms with Crippen molar-refractivity contribution in [1.29, 1.82) is 0 Å². The van der Waals surface area contributed by atoms with E-state index in [4.69, 9.17) is 126 Å². The van der Waals surface area contributed by atoms with Gasteiger partial charge in [0.25, 0.3) is 36.0 Å². The number of nitrogens with two attached hydrogens (primary N) is 1. The Morgan fingerprint density at radius 2 is 0.733 bits per heavy atom. The molecule has 1 amide bonds. The fraction of sp³-hybridized carbons (Fsp3) is 0.194. The number of nitrogens with one attached hydrogen (secondary N) is 1. The third kappa shape index (κ3) is 33.0. The number of carbonyl (C=O) groups is 3. The minimum atomic E-state index is -4.94. The van der Waals surface area contributed by atoms with E-state index in [0.29, 0.717) is 77.4 Å². The molecule has 6 aromatic heterocycles. The van der Waals surface area contributed by atoms with Crippen molar-refractivity contribution in [3.8, 4) is 23.0 Å². The number of hydroxylamine groups is 2. The topological polar surface area (TPSA) is 424 Å². The number of carbonyl (C=O) groups excluding carboxylic acids is 3. The Morgan fingerprint density at radius 3 is 1.10 bits per heavy atom. The highest BCUT2D eigenvalue weighted by atomic mass is 79.9. The van der Waals surface area contributed by atoms with Crippen molar-refractivity contribution in [3.05, 3.63) is 345 Å². The molecule has 0 saturated carbocycles. The van der Waals surface area contributed by atoms with Gasteiger partial charge in [0, 0.05) is 101 Å². The summed E-state index contributed by atoms with van der Waals surface area (Å²) in [4.78, 5) is 71.3. The van der Waals surface area contributed by atoms with Crippen LogP contribution in [0, 0.1) is 0 Å². The first kappa shape index (κ1) is 119. The second-order valence-corrected chi connectivity index (χ2v) is 39.2. The van der Waals surface area contributed by atoms with E-state index >= 15 is 0 Å². The van der Waals surface area contributed by atoms with Gasteiger partial charge in [-0.2, -0.15) is 47.9 Å². The monoisotopic (exact) mass is 2290 g/mol. The first-order valence-corrected chi connectivity index (χ1v) is 49.5. The highest BCUT2D eigenvalue weighted by Gasteiger charge is 2.40. The van der Waals surface area contributed by atoms with Crippen LogP contribution in [-0.2, 0) is 99.5 Å². The minimum absolute atomic E-state index is 0. The number of hydrogen-bond donors (Lipinski definition) is 4. The largest absolute Gasteiger partial charge is 0.497 e. The lowest BCUT2D eigenvalue weighted by atomic mass is 10.1. The van der Waals surface area contributed by atoms with E-state index < -0.39 is 130 Å². The van der Waals surface area contributed by atoms with Gasteiger partial charge in [-0.05, 0) is 196 Å². The third-order valence-corrected chi connectivity index (χ3v) is 26.8. The first-order chi connectivity index (χ1) is 68.1. The van der Waals surface area contributed by atoms with Crippen molar-refractivity contribution in [2.24, 2.45) is 0 Å². The lowest BCUT2D eigenvalue weighted by Gasteiger charge is -2.26. The number of aromatic nitrogens is 6. The van der Waals surface area contributed by atoms with Crippen LogP contribution >= 0.6 is 85.5 Å². The molecule has 0 saturated heterocycles. The maximum Gasteiger partial charge on any atom is 0.417 e. The van der Waals surface area contributed by atoms with E-state index in [1.165, 1.54) is 75.3 Å². The quantitative estimate of drug-likeness (QED) is 0.00741. The molecular weight excluding hydrogens is 2210 g/mol. The minimum Gasteiger partial charge on any atom is -0.497 e. The SMILES string of the molecule is C.COCN(c1cc(Cl)cnc1Br)S(=O)(=O)c1ccc(Cl)c(C(F)(F)F)c1.COCN(c1cc(Cl)cnc1C(=O)c1ccnc(N(Cc2ccc(OC)cc2)Cc2ccc(OC)cc2)c1)S(=O)(=O)c1ccc(Cl)c(C(F)(F)F)c1.COc1ccc(CN(Cc2ccc(OC)cc2)c2cc(C(=O)N(C)OC)ccn2)cc1.Nc1cc(C(=O)c2ncc(Cl)cc2NS(=O)(=O)c2ccc(Cl)c(C(F)(F)F)c2)ccn1.O=S(=O)(O)O. The van der Waals surface area contributed by atoms with Gasteiger partial charge in [-0.25, -0.2) is 68.8 Å². The van der Waals surface area contributed by atoms with Crippen molar-refractivity contribution in [3.63, 3.8) is 0 Å². The maximum atomic E-state index is 14.2. The predicted octanol–water partition coefficient (Wildman–Crippen LogP) is 21.4. The number of sulfonamides is 3.